The van der Waals surface area contributed by atoms with E-state index in [0.29, 0.717) is 11.4 Å². The zero-order chi connectivity index (χ0) is 11.4. The van der Waals surface area contributed by atoms with E-state index < -0.39 is 12.0 Å². The summed E-state index contributed by atoms with van der Waals surface area (Å²) >= 11 is 9.10. The van der Waals surface area contributed by atoms with Crippen molar-refractivity contribution >= 4 is 39.2 Å². The second kappa shape index (κ2) is 5.37. The molecular weight excluding hydrogens is 281 g/mol. The molecule has 2 N–H and O–H groups in total. The molecule has 3 nitrogen and oxygen atoms in total. The van der Waals surface area contributed by atoms with Gasteiger partial charge < -0.3 is 10.4 Å². The lowest BCUT2D eigenvalue weighted by molar-refractivity contribution is -0.137. The smallest absolute Gasteiger partial charge is 0.326 e. The van der Waals surface area contributed by atoms with Gasteiger partial charge >= 0.3 is 5.97 Å². The third-order valence-corrected chi connectivity index (χ3v) is 3.18. The van der Waals surface area contributed by atoms with Crippen LogP contribution in [0.3, 0.4) is 0 Å². The molecule has 0 fully saturated rings. The number of halogens is 2. The Labute approximate surface area is 102 Å². The van der Waals surface area contributed by atoms with E-state index in [0.717, 1.165) is 10.2 Å². The third kappa shape index (κ3) is 3.39. The van der Waals surface area contributed by atoms with E-state index in [9.17, 15) is 4.79 Å². The number of aliphatic carboxylic acids is 1. The summed E-state index contributed by atoms with van der Waals surface area (Å²) in [5.74, 6) is -0.858. The lowest BCUT2D eigenvalue weighted by Crippen LogP contribution is -2.28. The van der Waals surface area contributed by atoms with Crippen molar-refractivity contribution in [2.75, 3.05) is 5.32 Å². The van der Waals surface area contributed by atoms with E-state index in [1.165, 1.54) is 0 Å². The minimum atomic E-state index is -0.858. The number of hydrogen-bond acceptors (Lipinski definition) is 2. The molecule has 0 aromatic heterocycles. The first-order valence-corrected chi connectivity index (χ1v) is 5.66. The maximum absolute atomic E-state index is 10.8. The normalized spacial score (nSPS) is 12.2. The fraction of sp³-hybridized carbons (Fsp3) is 0.300. The van der Waals surface area contributed by atoms with Crippen LogP contribution in [0.15, 0.2) is 22.7 Å². The van der Waals surface area contributed by atoms with Gasteiger partial charge in [-0.2, -0.15) is 0 Å². The van der Waals surface area contributed by atoms with E-state index in [4.69, 9.17) is 16.7 Å². The Bertz CT molecular complexity index is 370. The standard InChI is InChI=1S/C10H11BrClNO2/c1-2-9(10(14)15)13-6-3-4-8(12)7(11)5-6/h3-5,9,13H,2H2,1H3,(H,14,15). The highest BCUT2D eigenvalue weighted by Crippen LogP contribution is 2.26. The highest BCUT2D eigenvalue weighted by atomic mass is 79.9. The number of hydrogen-bond donors (Lipinski definition) is 2. The molecule has 0 saturated heterocycles. The van der Waals surface area contributed by atoms with Gasteiger partial charge in [-0.25, -0.2) is 4.79 Å². The molecule has 5 heteroatoms. The van der Waals surface area contributed by atoms with E-state index in [1.54, 1.807) is 18.2 Å². The summed E-state index contributed by atoms with van der Waals surface area (Å²) in [6.45, 7) is 1.82. The molecule has 0 aliphatic rings. The Morgan fingerprint density at radius 2 is 2.33 bits per heavy atom. The Balaban J connectivity index is 2.80. The summed E-state index contributed by atoms with van der Waals surface area (Å²) in [7, 11) is 0. The van der Waals surface area contributed by atoms with Crippen LogP contribution >= 0.6 is 27.5 Å². The van der Waals surface area contributed by atoms with Crippen LogP contribution in [0, 0.1) is 0 Å². The summed E-state index contributed by atoms with van der Waals surface area (Å²) in [5, 5.41) is 12.4. The molecule has 0 aliphatic heterocycles. The summed E-state index contributed by atoms with van der Waals surface area (Å²) in [6, 6.07) is 4.65. The van der Waals surface area contributed by atoms with Gasteiger partial charge in [-0.05, 0) is 40.5 Å². The molecule has 1 aromatic carbocycles. The van der Waals surface area contributed by atoms with Crippen LogP contribution in [0.5, 0.6) is 0 Å². The second-order valence-corrected chi connectivity index (χ2v) is 4.33. The first-order chi connectivity index (χ1) is 7.04. The Morgan fingerprint density at radius 1 is 1.67 bits per heavy atom. The molecule has 1 aromatic rings. The Morgan fingerprint density at radius 3 is 2.80 bits per heavy atom. The average molecular weight is 293 g/mol. The van der Waals surface area contributed by atoms with Gasteiger partial charge in [-0.3, -0.25) is 0 Å². The highest BCUT2D eigenvalue weighted by molar-refractivity contribution is 9.10. The van der Waals surface area contributed by atoms with Crippen molar-refractivity contribution in [2.45, 2.75) is 19.4 Å². The van der Waals surface area contributed by atoms with Crippen molar-refractivity contribution in [3.8, 4) is 0 Å². The van der Waals surface area contributed by atoms with Crippen molar-refractivity contribution < 1.29 is 9.90 Å². The predicted octanol–water partition coefficient (Wildman–Crippen LogP) is 3.38. The number of benzene rings is 1. The van der Waals surface area contributed by atoms with Crippen LogP contribution in [0.25, 0.3) is 0 Å². The van der Waals surface area contributed by atoms with Gasteiger partial charge in [0.05, 0.1) is 5.02 Å². The molecule has 1 rings (SSSR count). The van der Waals surface area contributed by atoms with Crippen molar-refractivity contribution in [2.24, 2.45) is 0 Å². The van der Waals surface area contributed by atoms with Crippen LogP contribution in [0.4, 0.5) is 5.69 Å². The predicted molar refractivity (Wildman–Crippen MR) is 64.5 cm³/mol. The number of carbonyl (C=O) groups is 1. The molecule has 0 amide bonds. The summed E-state index contributed by atoms with van der Waals surface area (Å²) in [5.41, 5.74) is 0.737. The molecule has 0 aliphatic carbocycles. The lowest BCUT2D eigenvalue weighted by Gasteiger charge is -2.13. The van der Waals surface area contributed by atoms with Gasteiger partial charge in [0, 0.05) is 10.2 Å². The van der Waals surface area contributed by atoms with Crippen LogP contribution in [-0.4, -0.2) is 17.1 Å². The van der Waals surface area contributed by atoms with Crippen LogP contribution in [-0.2, 0) is 4.79 Å². The number of anilines is 1. The largest absolute Gasteiger partial charge is 0.480 e. The van der Waals surface area contributed by atoms with E-state index in [1.807, 2.05) is 6.92 Å². The molecule has 0 saturated carbocycles. The molecule has 15 heavy (non-hydrogen) atoms. The third-order valence-electron chi connectivity index (χ3n) is 1.97. The second-order valence-electron chi connectivity index (χ2n) is 3.07. The highest BCUT2D eigenvalue weighted by Gasteiger charge is 2.14. The molecule has 0 spiro atoms. The topological polar surface area (TPSA) is 49.3 Å². The first-order valence-electron chi connectivity index (χ1n) is 4.49. The minimum Gasteiger partial charge on any atom is -0.480 e. The molecule has 0 bridgehead atoms. The average Bonchev–Trinajstić information content (AvgIpc) is 2.19. The van der Waals surface area contributed by atoms with Crippen molar-refractivity contribution in [3.05, 3.63) is 27.7 Å². The fourth-order valence-electron chi connectivity index (χ4n) is 1.13. The number of carboxylic acid groups (broad SMARTS) is 1. The summed E-state index contributed by atoms with van der Waals surface area (Å²) in [4.78, 5) is 10.8. The maximum atomic E-state index is 10.8. The maximum Gasteiger partial charge on any atom is 0.326 e. The molecule has 1 unspecified atom stereocenters. The van der Waals surface area contributed by atoms with Crippen molar-refractivity contribution in [1.29, 1.82) is 0 Å². The van der Waals surface area contributed by atoms with Crippen LogP contribution in [0.2, 0.25) is 5.02 Å². The van der Waals surface area contributed by atoms with Crippen molar-refractivity contribution in [1.82, 2.24) is 0 Å². The molecule has 82 valence electrons. The van der Waals surface area contributed by atoms with Crippen molar-refractivity contribution in [3.63, 3.8) is 0 Å². The Kier molecular flexibility index (Phi) is 4.42. The fourth-order valence-corrected chi connectivity index (χ4v) is 1.62. The quantitative estimate of drug-likeness (QED) is 0.894. The zero-order valence-electron chi connectivity index (χ0n) is 8.13. The van der Waals surface area contributed by atoms with E-state index in [-0.39, 0.29) is 0 Å². The van der Waals surface area contributed by atoms with Gasteiger partial charge in [0.1, 0.15) is 6.04 Å². The van der Waals surface area contributed by atoms with Crippen LogP contribution in [0.1, 0.15) is 13.3 Å². The zero-order valence-corrected chi connectivity index (χ0v) is 10.5. The van der Waals surface area contributed by atoms with E-state index >= 15 is 0 Å². The van der Waals surface area contributed by atoms with Gasteiger partial charge in [-0.15, -0.1) is 0 Å². The molecular formula is C10H11BrClNO2. The Hall–Kier alpha value is -0.740. The minimum absolute atomic E-state index is 0.523. The van der Waals surface area contributed by atoms with Crippen LogP contribution < -0.4 is 5.32 Å². The van der Waals surface area contributed by atoms with E-state index in [2.05, 4.69) is 21.2 Å². The number of rotatable bonds is 4. The van der Waals surface area contributed by atoms with Gasteiger partial charge in [-0.1, -0.05) is 18.5 Å². The van der Waals surface area contributed by atoms with Gasteiger partial charge in [0.15, 0.2) is 0 Å². The van der Waals surface area contributed by atoms with Gasteiger partial charge in [0.25, 0.3) is 0 Å². The molecule has 1 atom stereocenters. The SMILES string of the molecule is CCC(Nc1ccc(Cl)c(Br)c1)C(=O)O. The number of carboxylic acids is 1. The molecule has 0 radical (unpaired) electrons. The number of nitrogens with one attached hydrogen (secondary N) is 1. The monoisotopic (exact) mass is 291 g/mol. The lowest BCUT2D eigenvalue weighted by atomic mass is 10.2. The summed E-state index contributed by atoms with van der Waals surface area (Å²) in [6.07, 6.45) is 0.523. The summed E-state index contributed by atoms with van der Waals surface area (Å²) < 4.78 is 0.745. The van der Waals surface area contributed by atoms with Gasteiger partial charge in [0.2, 0.25) is 0 Å². The first kappa shape index (κ1) is 12.3. The molecule has 0 heterocycles.